The summed E-state index contributed by atoms with van der Waals surface area (Å²) in [5.74, 6) is 2.98. The number of aromatic nitrogens is 3. The normalized spacial score (nSPS) is 33.6. The summed E-state index contributed by atoms with van der Waals surface area (Å²) in [5.41, 5.74) is 0. The number of hydrogen-bond acceptors (Lipinski definition) is 5. The van der Waals surface area contributed by atoms with E-state index in [1.807, 2.05) is 0 Å². The molecule has 8 nitrogen and oxygen atoms in total. The van der Waals surface area contributed by atoms with Crippen LogP contribution in [-0.2, 0) is 27.5 Å². The van der Waals surface area contributed by atoms with Gasteiger partial charge in [0.05, 0.1) is 18.4 Å². The number of nitrogens with zero attached hydrogens (tertiary/aromatic N) is 5. The molecule has 28 heavy (non-hydrogen) atoms. The van der Waals surface area contributed by atoms with Crippen molar-refractivity contribution in [1.29, 1.82) is 0 Å². The van der Waals surface area contributed by atoms with Crippen LogP contribution in [-0.4, -0.2) is 55.4 Å². The van der Waals surface area contributed by atoms with Crippen molar-refractivity contribution in [1.82, 2.24) is 24.6 Å². The number of amides is 3. The average molecular weight is 383 g/mol. The van der Waals surface area contributed by atoms with Gasteiger partial charge in [-0.2, -0.15) is 0 Å². The van der Waals surface area contributed by atoms with Gasteiger partial charge in [-0.1, -0.05) is 0 Å². The van der Waals surface area contributed by atoms with Crippen molar-refractivity contribution in [3.8, 4) is 0 Å². The summed E-state index contributed by atoms with van der Waals surface area (Å²) in [6, 6.07) is 0. The summed E-state index contributed by atoms with van der Waals surface area (Å²) >= 11 is 0. The molecule has 2 aliphatic heterocycles. The van der Waals surface area contributed by atoms with Crippen LogP contribution >= 0.6 is 0 Å². The number of imide groups is 1. The van der Waals surface area contributed by atoms with E-state index in [0.29, 0.717) is 30.8 Å². The lowest BCUT2D eigenvalue weighted by Gasteiger charge is -2.28. The summed E-state index contributed by atoms with van der Waals surface area (Å²) in [6.45, 7) is 2.06. The molecule has 3 heterocycles. The highest BCUT2D eigenvalue weighted by atomic mass is 16.2. The van der Waals surface area contributed by atoms with E-state index >= 15 is 0 Å². The minimum absolute atomic E-state index is 0.0112. The van der Waals surface area contributed by atoms with E-state index in [1.54, 1.807) is 4.90 Å². The lowest BCUT2D eigenvalue weighted by Crippen LogP contribution is -2.41. The van der Waals surface area contributed by atoms with Gasteiger partial charge in [0.2, 0.25) is 17.7 Å². The van der Waals surface area contributed by atoms with E-state index in [2.05, 4.69) is 14.8 Å². The van der Waals surface area contributed by atoms with Crippen molar-refractivity contribution in [2.24, 2.45) is 23.7 Å². The quantitative estimate of drug-likeness (QED) is 0.722. The third kappa shape index (κ3) is 2.32. The van der Waals surface area contributed by atoms with Gasteiger partial charge in [0, 0.05) is 32.0 Å². The fraction of sp³-hybridized carbons (Fsp3) is 0.750. The Balaban J connectivity index is 1.10. The Bertz CT molecular complexity index is 847. The molecule has 1 aromatic heterocycles. The first kappa shape index (κ1) is 16.7. The second kappa shape index (κ2) is 5.87. The number of carbonyl (C=O) groups is 3. The molecule has 3 amide bonds. The predicted molar refractivity (Wildman–Crippen MR) is 96.6 cm³/mol. The van der Waals surface area contributed by atoms with E-state index in [1.165, 1.54) is 17.7 Å². The van der Waals surface area contributed by atoms with E-state index in [-0.39, 0.29) is 42.5 Å². The van der Waals surface area contributed by atoms with Crippen LogP contribution in [0.3, 0.4) is 0 Å². The Hall–Kier alpha value is -2.25. The molecule has 5 aliphatic rings. The molecule has 2 bridgehead atoms. The molecule has 148 valence electrons. The van der Waals surface area contributed by atoms with E-state index in [0.717, 1.165) is 37.5 Å². The van der Waals surface area contributed by atoms with Gasteiger partial charge in [-0.3, -0.25) is 19.3 Å². The second-order valence-corrected chi connectivity index (χ2v) is 9.18. The summed E-state index contributed by atoms with van der Waals surface area (Å²) in [4.78, 5) is 41.5. The third-order valence-electron chi connectivity index (χ3n) is 7.65. The van der Waals surface area contributed by atoms with Crippen LogP contribution in [0.2, 0.25) is 0 Å². The molecule has 1 saturated heterocycles. The Morgan fingerprint density at radius 3 is 2.36 bits per heavy atom. The van der Waals surface area contributed by atoms with Crippen LogP contribution < -0.4 is 0 Å². The van der Waals surface area contributed by atoms with Gasteiger partial charge in [-0.15, -0.1) is 10.2 Å². The molecule has 1 aromatic rings. The molecule has 4 atom stereocenters. The molecule has 3 saturated carbocycles. The molecular weight excluding hydrogens is 358 g/mol. The zero-order valence-electron chi connectivity index (χ0n) is 15.9. The van der Waals surface area contributed by atoms with Crippen LogP contribution in [0, 0.1) is 23.7 Å². The molecule has 4 unspecified atom stereocenters. The van der Waals surface area contributed by atoms with E-state index in [4.69, 9.17) is 0 Å². The molecule has 8 heteroatoms. The van der Waals surface area contributed by atoms with E-state index < -0.39 is 0 Å². The van der Waals surface area contributed by atoms with Crippen molar-refractivity contribution in [2.45, 2.75) is 57.5 Å². The maximum absolute atomic E-state index is 12.8. The van der Waals surface area contributed by atoms with Crippen LogP contribution in [0.15, 0.2) is 0 Å². The number of hydrogen-bond donors (Lipinski definition) is 0. The Kier molecular flexibility index (Phi) is 3.50. The smallest absolute Gasteiger partial charge is 0.233 e. The van der Waals surface area contributed by atoms with Crippen molar-refractivity contribution in [3.63, 3.8) is 0 Å². The first-order valence-electron chi connectivity index (χ1n) is 10.7. The number of likely N-dealkylation sites (tertiary alicyclic amines) is 1. The largest absolute Gasteiger partial charge is 0.333 e. The number of rotatable bonds is 4. The van der Waals surface area contributed by atoms with Crippen molar-refractivity contribution in [2.75, 3.05) is 13.1 Å². The zero-order chi connectivity index (χ0) is 19.0. The van der Waals surface area contributed by atoms with Crippen LogP contribution in [0.5, 0.6) is 0 Å². The lowest BCUT2D eigenvalue weighted by atomic mass is 9.81. The minimum atomic E-state index is -0.101. The van der Waals surface area contributed by atoms with Gasteiger partial charge in [0.1, 0.15) is 5.82 Å². The summed E-state index contributed by atoms with van der Waals surface area (Å²) < 4.78 is 2.16. The molecule has 0 spiro atoms. The van der Waals surface area contributed by atoms with Gasteiger partial charge in [-0.25, -0.2) is 0 Å². The molecule has 4 fully saturated rings. The van der Waals surface area contributed by atoms with Crippen molar-refractivity contribution < 1.29 is 14.4 Å². The van der Waals surface area contributed by atoms with Gasteiger partial charge >= 0.3 is 0 Å². The van der Waals surface area contributed by atoms with Crippen LogP contribution in [0.4, 0.5) is 0 Å². The number of carbonyl (C=O) groups excluding carboxylic acids is 3. The molecule has 3 aliphatic carbocycles. The van der Waals surface area contributed by atoms with E-state index in [9.17, 15) is 14.4 Å². The molecule has 0 aromatic carbocycles. The summed E-state index contributed by atoms with van der Waals surface area (Å²) in [7, 11) is 0. The molecule has 0 radical (unpaired) electrons. The average Bonchev–Trinajstić information content (AvgIpc) is 3.05. The zero-order valence-corrected chi connectivity index (χ0v) is 15.9. The van der Waals surface area contributed by atoms with Crippen LogP contribution in [0.1, 0.15) is 56.1 Å². The lowest BCUT2D eigenvalue weighted by molar-refractivity contribution is -0.141. The highest BCUT2D eigenvalue weighted by Crippen LogP contribution is 2.56. The monoisotopic (exact) mass is 383 g/mol. The highest BCUT2D eigenvalue weighted by Gasteiger charge is 2.60. The summed E-state index contributed by atoms with van der Waals surface area (Å²) in [6.07, 6.45) is 5.77. The van der Waals surface area contributed by atoms with Gasteiger partial charge in [0.15, 0.2) is 5.82 Å². The maximum atomic E-state index is 12.8. The van der Waals surface area contributed by atoms with Crippen LogP contribution in [0.25, 0.3) is 0 Å². The van der Waals surface area contributed by atoms with Gasteiger partial charge < -0.3 is 9.47 Å². The topological polar surface area (TPSA) is 88.4 Å². The Morgan fingerprint density at radius 1 is 0.964 bits per heavy atom. The fourth-order valence-corrected chi connectivity index (χ4v) is 6.09. The Labute approximate surface area is 163 Å². The SMILES string of the molecule is O=C(CCN1C(=O)C2C3CCC(C3)C2C1=O)N1CCn2c(nnc2C2CC2)C1. The summed E-state index contributed by atoms with van der Waals surface area (Å²) in [5, 5.41) is 8.59. The molecule has 0 N–H and O–H groups in total. The number of fused-ring (bicyclic) bond motifs is 6. The standard InChI is InChI=1S/C20H25N5O3/c26-15(23-7-8-24-14(10-23)21-22-18(24)11-1-2-11)5-6-25-19(27)16-12-3-4-13(9-12)17(16)20(25)28/h11-13,16-17H,1-10H2. The maximum Gasteiger partial charge on any atom is 0.233 e. The fourth-order valence-electron chi connectivity index (χ4n) is 6.09. The third-order valence-corrected chi connectivity index (χ3v) is 7.65. The first-order chi connectivity index (χ1) is 13.6. The van der Waals surface area contributed by atoms with Gasteiger partial charge in [0.25, 0.3) is 0 Å². The van der Waals surface area contributed by atoms with Crippen molar-refractivity contribution >= 4 is 17.7 Å². The Morgan fingerprint density at radius 2 is 1.68 bits per heavy atom. The first-order valence-corrected chi connectivity index (χ1v) is 10.7. The van der Waals surface area contributed by atoms with Gasteiger partial charge in [-0.05, 0) is 43.9 Å². The highest BCUT2D eigenvalue weighted by molar-refractivity contribution is 6.06. The minimum Gasteiger partial charge on any atom is -0.333 e. The van der Waals surface area contributed by atoms with Crippen molar-refractivity contribution in [3.05, 3.63) is 11.6 Å². The second-order valence-electron chi connectivity index (χ2n) is 9.18. The molecular formula is C20H25N5O3. The molecule has 6 rings (SSSR count). The predicted octanol–water partition coefficient (Wildman–Crippen LogP) is 0.919.